The van der Waals surface area contributed by atoms with Crippen LogP contribution in [0.5, 0.6) is 0 Å². The van der Waals surface area contributed by atoms with Crippen molar-refractivity contribution in [1.29, 1.82) is 0 Å². The van der Waals surface area contributed by atoms with E-state index in [0.29, 0.717) is 5.56 Å². The number of hydrogen-bond donors (Lipinski definition) is 1. The van der Waals surface area contributed by atoms with Gasteiger partial charge in [-0.1, -0.05) is 0 Å². The number of nitrogens with one attached hydrogen (secondary N) is 1. The van der Waals surface area contributed by atoms with Gasteiger partial charge in [0.1, 0.15) is 11.9 Å². The molecule has 0 aliphatic carbocycles. The molecule has 0 saturated carbocycles. The first-order chi connectivity index (χ1) is 17.1. The summed E-state index contributed by atoms with van der Waals surface area (Å²) in [5, 5.41) is 2.67. The Kier molecular flexibility index (Phi) is 5.34. The van der Waals surface area contributed by atoms with Crippen molar-refractivity contribution in [3.8, 4) is 11.4 Å². The predicted octanol–water partition coefficient (Wildman–Crippen LogP) is 0.336. The third-order valence-electron chi connectivity index (χ3n) is 5.90. The van der Waals surface area contributed by atoms with Gasteiger partial charge in [-0.25, -0.2) is 38.5 Å². The van der Waals surface area contributed by atoms with E-state index in [1.807, 2.05) is 0 Å². The van der Waals surface area contributed by atoms with Crippen LogP contribution < -0.4 is 21.5 Å². The summed E-state index contributed by atoms with van der Waals surface area (Å²) >= 11 is 0. The summed E-state index contributed by atoms with van der Waals surface area (Å²) in [5.41, 5.74) is -0.386. The van der Waals surface area contributed by atoms with Gasteiger partial charge >= 0.3 is 5.69 Å². The highest BCUT2D eigenvalue weighted by molar-refractivity contribution is 5.93. The molecule has 1 unspecified atom stereocenters. The largest absolute Gasteiger partial charge is 0.332 e. The van der Waals surface area contributed by atoms with E-state index >= 15 is 0 Å². The Hall–Kier alpha value is -4.56. The molecule has 0 bridgehead atoms. The number of halogens is 2. The van der Waals surface area contributed by atoms with Crippen LogP contribution >= 0.6 is 0 Å². The van der Waals surface area contributed by atoms with Crippen molar-refractivity contribution in [3.63, 3.8) is 0 Å². The number of hydrogen-bond acceptors (Lipinski definition) is 9. The molecule has 186 valence electrons. The molecule has 1 N–H and O–H groups in total. The topological polar surface area (TPSA) is 146 Å². The molecule has 1 aliphatic rings. The minimum atomic E-state index is -2.73. The Morgan fingerprint density at radius 3 is 2.44 bits per heavy atom. The first-order valence-corrected chi connectivity index (χ1v) is 10.8. The third kappa shape index (κ3) is 3.87. The highest BCUT2D eigenvalue weighted by Crippen LogP contribution is 2.29. The van der Waals surface area contributed by atoms with Gasteiger partial charge in [0.25, 0.3) is 11.5 Å². The van der Waals surface area contributed by atoms with Crippen LogP contribution in [0.4, 0.5) is 20.5 Å². The fourth-order valence-electron chi connectivity index (χ4n) is 3.84. The maximum atomic E-state index is 13.1. The summed E-state index contributed by atoms with van der Waals surface area (Å²) in [7, 11) is 2.84. The molecule has 13 nitrogen and oxygen atoms in total. The number of rotatable bonds is 5. The van der Waals surface area contributed by atoms with Crippen molar-refractivity contribution in [3.05, 3.63) is 51.8 Å². The lowest BCUT2D eigenvalue weighted by Gasteiger charge is -2.38. The maximum absolute atomic E-state index is 13.1. The van der Waals surface area contributed by atoms with Crippen molar-refractivity contribution >= 4 is 28.8 Å². The second kappa shape index (κ2) is 8.28. The molecule has 5 rings (SSSR count). The van der Waals surface area contributed by atoms with Crippen LogP contribution in [-0.4, -0.2) is 63.5 Å². The lowest BCUT2D eigenvalue weighted by atomic mass is 10.2. The molecule has 15 heteroatoms. The van der Waals surface area contributed by atoms with Crippen LogP contribution in [0.1, 0.15) is 13.0 Å². The Morgan fingerprint density at radius 1 is 1.08 bits per heavy atom. The van der Waals surface area contributed by atoms with E-state index < -0.39 is 42.2 Å². The highest BCUT2D eigenvalue weighted by atomic mass is 19.3. The van der Waals surface area contributed by atoms with Crippen molar-refractivity contribution < 1.29 is 13.6 Å². The van der Waals surface area contributed by atoms with Gasteiger partial charge in [0.05, 0.1) is 25.0 Å². The molecular formula is C21H20F2N10O3. The second-order valence-corrected chi connectivity index (χ2v) is 8.44. The van der Waals surface area contributed by atoms with E-state index in [9.17, 15) is 23.2 Å². The van der Waals surface area contributed by atoms with E-state index in [2.05, 4.69) is 30.2 Å². The molecule has 1 fully saturated rings. The Bertz CT molecular complexity index is 1600. The summed E-state index contributed by atoms with van der Waals surface area (Å²) < 4.78 is 29.7. The van der Waals surface area contributed by atoms with Crippen LogP contribution in [0.2, 0.25) is 0 Å². The van der Waals surface area contributed by atoms with Crippen molar-refractivity contribution in [2.75, 3.05) is 23.3 Å². The highest BCUT2D eigenvalue weighted by Gasteiger charge is 2.45. The number of fused-ring (bicyclic) bond motifs is 1. The number of aryl methyl sites for hydroxylation is 1. The molecule has 5 heterocycles. The first kappa shape index (κ1) is 23.2. The molecule has 4 aromatic heterocycles. The number of aromatic nitrogens is 8. The van der Waals surface area contributed by atoms with E-state index in [1.165, 1.54) is 59.1 Å². The molecule has 0 spiro atoms. The van der Waals surface area contributed by atoms with Gasteiger partial charge in [0, 0.05) is 32.7 Å². The maximum Gasteiger partial charge on any atom is 0.332 e. The summed E-state index contributed by atoms with van der Waals surface area (Å²) in [6.07, 6.45) is 5.60. The van der Waals surface area contributed by atoms with Gasteiger partial charge < -0.3 is 14.8 Å². The summed E-state index contributed by atoms with van der Waals surface area (Å²) in [5.74, 6) is -2.63. The smallest absolute Gasteiger partial charge is 0.329 e. The molecule has 1 amide bonds. The van der Waals surface area contributed by atoms with Gasteiger partial charge in [-0.05, 0) is 13.0 Å². The number of imidazole rings is 1. The molecule has 36 heavy (non-hydrogen) atoms. The number of nitrogens with zero attached hydrogens (tertiary/aromatic N) is 9. The molecule has 0 radical (unpaired) electrons. The quantitative estimate of drug-likeness (QED) is 0.411. The molecule has 1 atom stereocenters. The number of anilines is 2. The van der Waals surface area contributed by atoms with Gasteiger partial charge in [0.15, 0.2) is 17.0 Å². The van der Waals surface area contributed by atoms with Crippen LogP contribution in [0.3, 0.4) is 0 Å². The van der Waals surface area contributed by atoms with Crippen LogP contribution in [0.15, 0.2) is 40.6 Å². The van der Waals surface area contributed by atoms with E-state index in [1.54, 1.807) is 6.92 Å². The molecule has 0 aromatic carbocycles. The number of carbonyl (C=O) groups excluding carboxylic acids is 1. The van der Waals surface area contributed by atoms with Gasteiger partial charge in [-0.2, -0.15) is 0 Å². The summed E-state index contributed by atoms with van der Waals surface area (Å²) in [4.78, 5) is 59.9. The molecule has 1 saturated heterocycles. The van der Waals surface area contributed by atoms with Crippen molar-refractivity contribution in [1.82, 2.24) is 38.6 Å². The molecular weight excluding hydrogens is 478 g/mol. The minimum absolute atomic E-state index is 0.114. The molecule has 1 aliphatic heterocycles. The lowest BCUT2D eigenvalue weighted by molar-refractivity contribution is -0.118. The van der Waals surface area contributed by atoms with Crippen molar-refractivity contribution in [2.45, 2.75) is 18.9 Å². The zero-order valence-electron chi connectivity index (χ0n) is 19.4. The number of amides is 1. The van der Waals surface area contributed by atoms with Crippen molar-refractivity contribution in [2.24, 2.45) is 14.1 Å². The number of carbonyl (C=O) groups is 1. The summed E-state index contributed by atoms with van der Waals surface area (Å²) in [6, 6.07) is 0.621. The Morgan fingerprint density at radius 2 is 1.78 bits per heavy atom. The fraction of sp³-hybridized carbons (Fsp3) is 0.333. The number of alkyl halides is 2. The normalized spacial score (nSPS) is 15.5. The average Bonchev–Trinajstić information content (AvgIpc) is 3.30. The third-order valence-corrected chi connectivity index (χ3v) is 5.90. The van der Waals surface area contributed by atoms with Crippen LogP contribution in [-0.2, 0) is 18.9 Å². The summed E-state index contributed by atoms with van der Waals surface area (Å²) in [6.45, 7) is 0.712. The fourth-order valence-corrected chi connectivity index (χ4v) is 3.84. The van der Waals surface area contributed by atoms with Gasteiger partial charge in [-0.3, -0.25) is 18.7 Å². The van der Waals surface area contributed by atoms with E-state index in [-0.39, 0.29) is 28.8 Å². The van der Waals surface area contributed by atoms with Crippen LogP contribution in [0, 0.1) is 0 Å². The SMILES string of the molecule is CC(C(=O)Nc1ccnc(-c2cnc(N3CC(F)(F)C3)nc2)n1)n1cnc2c1c(=O)n(C)c(=O)n2C. The average molecular weight is 498 g/mol. The van der Waals surface area contributed by atoms with Gasteiger partial charge in [-0.15, -0.1) is 0 Å². The zero-order valence-corrected chi connectivity index (χ0v) is 19.4. The lowest BCUT2D eigenvalue weighted by Crippen LogP contribution is -2.57. The first-order valence-electron chi connectivity index (χ1n) is 10.8. The monoisotopic (exact) mass is 498 g/mol. The van der Waals surface area contributed by atoms with E-state index in [0.717, 1.165) is 4.57 Å². The minimum Gasteiger partial charge on any atom is -0.329 e. The van der Waals surface area contributed by atoms with Gasteiger partial charge in [0.2, 0.25) is 11.9 Å². The standard InChI is InChI=1S/C21H20F2N10O3/c1-11(33-10-27-16-14(33)18(35)31(3)20(36)30(16)2)17(34)29-13-4-5-24-15(28-13)12-6-25-19(26-7-12)32-8-21(22,23)9-32/h4-7,10-11H,8-9H2,1-3H3,(H,24,28,29,34). The van der Waals surface area contributed by atoms with E-state index in [4.69, 9.17) is 0 Å². The van der Waals surface area contributed by atoms with Crippen LogP contribution in [0.25, 0.3) is 22.6 Å². The predicted molar refractivity (Wildman–Crippen MR) is 124 cm³/mol. The molecule has 4 aromatic rings. The Balaban J connectivity index is 1.35. The second-order valence-electron chi connectivity index (χ2n) is 8.44. The Labute approximate surface area is 201 Å². The zero-order chi connectivity index (χ0) is 25.8.